The number of halogens is 1. The Bertz CT molecular complexity index is 403. The van der Waals surface area contributed by atoms with Crippen LogP contribution in [0.4, 0.5) is 4.39 Å². The second-order valence-electron chi connectivity index (χ2n) is 3.67. The maximum Gasteiger partial charge on any atom is 0.251 e. The van der Waals surface area contributed by atoms with Crippen molar-refractivity contribution in [2.75, 3.05) is 19.7 Å². The summed E-state index contributed by atoms with van der Waals surface area (Å²) in [5.74, 6) is -1.36. The Balaban J connectivity index is 2.23. The van der Waals surface area contributed by atoms with Gasteiger partial charge in [-0.25, -0.2) is 4.39 Å². The van der Waals surface area contributed by atoms with Crippen molar-refractivity contribution in [2.24, 2.45) is 5.73 Å². The Kier molecular flexibility index (Phi) is 3.17. The quantitative estimate of drug-likeness (QED) is 0.772. The maximum absolute atomic E-state index is 13.5. The average Bonchev–Trinajstić information content (AvgIpc) is 2.29. The number of nitrogens with two attached hydrogens (primary N) is 1. The molecule has 1 amide bonds. The summed E-state index contributed by atoms with van der Waals surface area (Å²) in [6.45, 7) is 2.05. The summed E-state index contributed by atoms with van der Waals surface area (Å²) < 4.78 is 19.0. The lowest BCUT2D eigenvalue weighted by molar-refractivity contribution is 0.0275. The molecule has 1 aliphatic heterocycles. The molecule has 0 aliphatic carbocycles. The first-order valence-corrected chi connectivity index (χ1v) is 5.10. The fourth-order valence-corrected chi connectivity index (χ4v) is 1.71. The van der Waals surface area contributed by atoms with Crippen molar-refractivity contribution in [3.05, 3.63) is 35.1 Å². The third kappa shape index (κ3) is 2.20. The van der Waals surface area contributed by atoms with E-state index >= 15 is 0 Å². The highest BCUT2D eigenvalue weighted by Gasteiger charge is 2.18. The van der Waals surface area contributed by atoms with Gasteiger partial charge in [-0.15, -0.1) is 0 Å². The number of morpholine rings is 1. The molecule has 1 fully saturated rings. The Morgan fingerprint density at radius 1 is 1.56 bits per heavy atom. The van der Waals surface area contributed by atoms with Crippen LogP contribution in [-0.2, 0) is 4.74 Å². The van der Waals surface area contributed by atoms with Gasteiger partial charge in [-0.2, -0.15) is 0 Å². The number of benzene rings is 1. The van der Waals surface area contributed by atoms with Gasteiger partial charge in [0.05, 0.1) is 18.3 Å². The lowest BCUT2D eigenvalue weighted by atomic mass is 10.1. The number of amides is 1. The zero-order chi connectivity index (χ0) is 11.5. The molecule has 0 unspecified atom stereocenters. The second-order valence-corrected chi connectivity index (χ2v) is 3.67. The molecule has 1 saturated heterocycles. The minimum Gasteiger partial charge on any atom is -0.371 e. The number of carbonyl (C=O) groups is 1. The van der Waals surface area contributed by atoms with Crippen molar-refractivity contribution in [1.29, 1.82) is 0 Å². The van der Waals surface area contributed by atoms with E-state index in [2.05, 4.69) is 5.32 Å². The molecule has 0 aromatic heterocycles. The molecule has 1 aromatic rings. The maximum atomic E-state index is 13.5. The van der Waals surface area contributed by atoms with Crippen LogP contribution in [0.2, 0.25) is 0 Å². The van der Waals surface area contributed by atoms with Gasteiger partial charge in [0.15, 0.2) is 0 Å². The fourth-order valence-electron chi connectivity index (χ4n) is 1.71. The van der Waals surface area contributed by atoms with Gasteiger partial charge in [-0.05, 0) is 17.7 Å². The minimum absolute atomic E-state index is 0.0903. The molecule has 16 heavy (non-hydrogen) atoms. The monoisotopic (exact) mass is 224 g/mol. The fraction of sp³-hybridized carbons (Fsp3) is 0.364. The van der Waals surface area contributed by atoms with Crippen LogP contribution in [0.5, 0.6) is 0 Å². The van der Waals surface area contributed by atoms with E-state index in [0.717, 1.165) is 12.1 Å². The Hall–Kier alpha value is -1.46. The number of nitrogens with one attached hydrogen (secondary N) is 1. The molecule has 0 radical (unpaired) electrons. The molecule has 5 heteroatoms. The van der Waals surface area contributed by atoms with E-state index in [1.807, 2.05) is 0 Å². The zero-order valence-electron chi connectivity index (χ0n) is 8.70. The Morgan fingerprint density at radius 2 is 2.38 bits per heavy atom. The molecule has 1 aliphatic rings. The molecule has 4 nitrogen and oxygen atoms in total. The number of primary amides is 1. The third-order valence-corrected chi connectivity index (χ3v) is 2.56. The van der Waals surface area contributed by atoms with E-state index in [1.54, 1.807) is 6.07 Å². The number of hydrogen-bond donors (Lipinski definition) is 2. The van der Waals surface area contributed by atoms with Crippen LogP contribution in [0.25, 0.3) is 0 Å². The summed E-state index contributed by atoms with van der Waals surface area (Å²) in [4.78, 5) is 10.8. The zero-order valence-corrected chi connectivity index (χ0v) is 8.70. The van der Waals surface area contributed by atoms with Gasteiger partial charge in [0, 0.05) is 13.1 Å². The van der Waals surface area contributed by atoms with Gasteiger partial charge < -0.3 is 15.8 Å². The SMILES string of the molecule is NC(=O)c1ccc([C@@H]2CNCCO2)cc1F. The summed E-state index contributed by atoms with van der Waals surface area (Å²) in [6, 6.07) is 4.36. The minimum atomic E-state index is -0.758. The van der Waals surface area contributed by atoms with Gasteiger partial charge in [0.2, 0.25) is 0 Å². The molecular weight excluding hydrogens is 211 g/mol. The largest absolute Gasteiger partial charge is 0.371 e. The number of ether oxygens (including phenoxy) is 1. The highest BCUT2D eigenvalue weighted by Crippen LogP contribution is 2.21. The predicted molar refractivity (Wildman–Crippen MR) is 56.5 cm³/mol. The molecular formula is C11H13FN2O2. The van der Waals surface area contributed by atoms with E-state index < -0.39 is 11.7 Å². The molecule has 0 spiro atoms. The van der Waals surface area contributed by atoms with Crippen molar-refractivity contribution >= 4 is 5.91 Å². The van der Waals surface area contributed by atoms with Crippen molar-refractivity contribution in [3.63, 3.8) is 0 Å². The molecule has 0 saturated carbocycles. The van der Waals surface area contributed by atoms with Crippen LogP contribution < -0.4 is 11.1 Å². The highest BCUT2D eigenvalue weighted by atomic mass is 19.1. The highest BCUT2D eigenvalue weighted by molar-refractivity contribution is 5.93. The van der Waals surface area contributed by atoms with Crippen LogP contribution in [0.1, 0.15) is 22.0 Å². The van der Waals surface area contributed by atoms with Gasteiger partial charge in [-0.1, -0.05) is 6.07 Å². The Morgan fingerprint density at radius 3 is 2.94 bits per heavy atom. The molecule has 86 valence electrons. The summed E-state index contributed by atoms with van der Waals surface area (Å²) in [7, 11) is 0. The third-order valence-electron chi connectivity index (χ3n) is 2.56. The first-order valence-electron chi connectivity index (χ1n) is 5.10. The van der Waals surface area contributed by atoms with Gasteiger partial charge in [0.25, 0.3) is 5.91 Å². The molecule has 1 heterocycles. The normalized spacial score (nSPS) is 20.7. The summed E-state index contributed by atoms with van der Waals surface area (Å²) in [6.07, 6.45) is -0.162. The van der Waals surface area contributed by atoms with E-state index in [0.29, 0.717) is 13.2 Å². The predicted octanol–water partition coefficient (Wildman–Crippen LogP) is 0.585. The van der Waals surface area contributed by atoms with Crippen LogP contribution in [0, 0.1) is 5.82 Å². The summed E-state index contributed by atoms with van der Waals surface area (Å²) >= 11 is 0. The van der Waals surface area contributed by atoms with E-state index in [-0.39, 0.29) is 11.7 Å². The lowest BCUT2D eigenvalue weighted by Crippen LogP contribution is -2.33. The number of carbonyl (C=O) groups excluding carboxylic acids is 1. The number of rotatable bonds is 2. The van der Waals surface area contributed by atoms with Gasteiger partial charge in [-0.3, -0.25) is 4.79 Å². The van der Waals surface area contributed by atoms with Crippen LogP contribution >= 0.6 is 0 Å². The Labute approximate surface area is 92.6 Å². The number of hydrogen-bond acceptors (Lipinski definition) is 3. The molecule has 0 bridgehead atoms. The standard InChI is InChI=1S/C11H13FN2O2/c12-9-5-7(1-2-8(9)11(13)15)10-6-14-3-4-16-10/h1-2,5,10,14H,3-4,6H2,(H2,13,15)/t10-/m0/s1. The summed E-state index contributed by atoms with van der Waals surface area (Å²) in [5, 5.41) is 3.15. The molecule has 1 atom stereocenters. The van der Waals surface area contributed by atoms with Crippen molar-refractivity contribution in [3.8, 4) is 0 Å². The topological polar surface area (TPSA) is 64.4 Å². The van der Waals surface area contributed by atoms with E-state index in [4.69, 9.17) is 10.5 Å². The van der Waals surface area contributed by atoms with Crippen LogP contribution in [0.15, 0.2) is 18.2 Å². The van der Waals surface area contributed by atoms with Crippen molar-refractivity contribution in [2.45, 2.75) is 6.10 Å². The van der Waals surface area contributed by atoms with E-state index in [1.165, 1.54) is 12.1 Å². The van der Waals surface area contributed by atoms with Crippen molar-refractivity contribution in [1.82, 2.24) is 5.32 Å². The first-order chi connectivity index (χ1) is 7.68. The molecule has 3 N–H and O–H groups in total. The van der Waals surface area contributed by atoms with Gasteiger partial charge in [0.1, 0.15) is 5.82 Å². The van der Waals surface area contributed by atoms with Crippen LogP contribution in [0.3, 0.4) is 0 Å². The average molecular weight is 224 g/mol. The lowest BCUT2D eigenvalue weighted by Gasteiger charge is -2.24. The molecule has 1 aromatic carbocycles. The van der Waals surface area contributed by atoms with Crippen LogP contribution in [-0.4, -0.2) is 25.6 Å². The summed E-state index contributed by atoms with van der Waals surface area (Å²) in [5.41, 5.74) is 5.65. The van der Waals surface area contributed by atoms with Gasteiger partial charge >= 0.3 is 0 Å². The molecule has 2 rings (SSSR count). The van der Waals surface area contributed by atoms with Crippen molar-refractivity contribution < 1.29 is 13.9 Å². The van der Waals surface area contributed by atoms with E-state index in [9.17, 15) is 9.18 Å². The first kappa shape index (κ1) is 11.0. The smallest absolute Gasteiger partial charge is 0.251 e. The second kappa shape index (κ2) is 4.59.